The van der Waals surface area contributed by atoms with Crippen LogP contribution in [0.1, 0.15) is 25.6 Å². The molecule has 0 aliphatic heterocycles. The molecule has 0 fully saturated rings. The van der Waals surface area contributed by atoms with Crippen LogP contribution in [0, 0.1) is 10.1 Å². The van der Waals surface area contributed by atoms with Gasteiger partial charge in [-0.3, -0.25) is 9.69 Å². The summed E-state index contributed by atoms with van der Waals surface area (Å²) in [6.45, 7) is 5.08. The molecular weight excluding hydrogens is 338 g/mol. The quantitative estimate of drug-likeness (QED) is 0.572. The van der Waals surface area contributed by atoms with E-state index in [1.165, 1.54) is 17.8 Å². The number of nitro groups is 1. The summed E-state index contributed by atoms with van der Waals surface area (Å²) in [5.74, 6) is 0.108. The maximum atomic E-state index is 13.0. The first kappa shape index (κ1) is 19.4. The van der Waals surface area contributed by atoms with Crippen LogP contribution in [0.4, 0.5) is 11.6 Å². The van der Waals surface area contributed by atoms with E-state index in [1.54, 1.807) is 31.4 Å². The van der Waals surface area contributed by atoms with Crippen LogP contribution in [0.3, 0.4) is 0 Å². The highest BCUT2D eigenvalue weighted by atomic mass is 16.6. The molecule has 0 bridgehead atoms. The lowest BCUT2D eigenvalue weighted by molar-refractivity contribution is -0.396. The zero-order chi connectivity index (χ0) is 19.3. The molecule has 0 saturated carbocycles. The maximum Gasteiger partial charge on any atom is 0.434 e. The Morgan fingerprint density at radius 1 is 1.35 bits per heavy atom. The minimum Gasteiger partial charge on any atom is -0.497 e. The standard InChI is InChI=1S/C17H23N5O4/c1-5-21(6-2)15(14-11-18-17(20(14)3)22(24)25)16(23)19-12-7-9-13(26-4)10-8-12/h7-11,15H,5-6H2,1-4H3,(H,19,23). The van der Waals surface area contributed by atoms with Gasteiger partial charge in [-0.15, -0.1) is 0 Å². The molecule has 0 aliphatic rings. The van der Waals surface area contributed by atoms with Gasteiger partial charge in [0.15, 0.2) is 0 Å². The van der Waals surface area contributed by atoms with Crippen LogP contribution in [0.15, 0.2) is 30.5 Å². The van der Waals surface area contributed by atoms with Crippen molar-refractivity contribution < 1.29 is 14.5 Å². The fourth-order valence-corrected chi connectivity index (χ4v) is 2.80. The predicted octanol–water partition coefficient (Wildman–Crippen LogP) is 2.36. The molecule has 0 spiro atoms. The first-order valence-corrected chi connectivity index (χ1v) is 8.27. The number of hydrogen-bond donors (Lipinski definition) is 1. The number of benzene rings is 1. The molecule has 26 heavy (non-hydrogen) atoms. The number of rotatable bonds is 8. The van der Waals surface area contributed by atoms with Crippen molar-refractivity contribution >= 4 is 17.5 Å². The van der Waals surface area contributed by atoms with E-state index in [1.807, 2.05) is 18.7 Å². The van der Waals surface area contributed by atoms with Gasteiger partial charge in [-0.25, -0.2) is 4.57 Å². The van der Waals surface area contributed by atoms with Gasteiger partial charge in [-0.2, -0.15) is 0 Å². The SMILES string of the molecule is CCN(CC)C(C(=O)Nc1ccc(OC)cc1)c1cnc([N+](=O)[O-])n1C. The average molecular weight is 361 g/mol. The van der Waals surface area contributed by atoms with Gasteiger partial charge in [0.05, 0.1) is 14.2 Å². The third-order valence-electron chi connectivity index (χ3n) is 4.23. The van der Waals surface area contributed by atoms with Gasteiger partial charge in [-0.05, 0) is 42.3 Å². The number of likely N-dealkylation sites (N-methyl/N-ethyl adjacent to an activating group) is 1. The van der Waals surface area contributed by atoms with Crippen molar-refractivity contribution in [1.82, 2.24) is 14.5 Å². The van der Waals surface area contributed by atoms with Gasteiger partial charge in [0, 0.05) is 5.69 Å². The van der Waals surface area contributed by atoms with Crippen LogP contribution in [-0.2, 0) is 11.8 Å². The first-order chi connectivity index (χ1) is 12.4. The fraction of sp³-hybridized carbons (Fsp3) is 0.412. The summed E-state index contributed by atoms with van der Waals surface area (Å²) in [4.78, 5) is 29.2. The van der Waals surface area contributed by atoms with Crippen molar-refractivity contribution in [2.24, 2.45) is 7.05 Å². The minimum absolute atomic E-state index is 0.281. The lowest BCUT2D eigenvalue weighted by Crippen LogP contribution is -2.38. The minimum atomic E-state index is -0.696. The van der Waals surface area contributed by atoms with Gasteiger partial charge in [0.25, 0.3) is 0 Å². The largest absolute Gasteiger partial charge is 0.497 e. The zero-order valence-corrected chi connectivity index (χ0v) is 15.3. The number of nitrogens with zero attached hydrogens (tertiary/aromatic N) is 4. The molecule has 1 aromatic heterocycles. The second-order valence-corrected chi connectivity index (χ2v) is 5.64. The summed E-state index contributed by atoms with van der Waals surface area (Å²) < 4.78 is 6.45. The van der Waals surface area contributed by atoms with Crippen molar-refractivity contribution in [2.45, 2.75) is 19.9 Å². The van der Waals surface area contributed by atoms with Gasteiger partial charge < -0.3 is 20.2 Å². The van der Waals surface area contributed by atoms with Crippen LogP contribution in [0.25, 0.3) is 0 Å². The molecule has 1 unspecified atom stereocenters. The molecule has 9 nitrogen and oxygen atoms in total. The molecule has 1 N–H and O–H groups in total. The van der Waals surface area contributed by atoms with E-state index in [9.17, 15) is 14.9 Å². The number of amides is 1. The Bertz CT molecular complexity index is 768. The topological polar surface area (TPSA) is 103 Å². The zero-order valence-electron chi connectivity index (χ0n) is 15.3. The van der Waals surface area contributed by atoms with Crippen molar-refractivity contribution in [2.75, 3.05) is 25.5 Å². The van der Waals surface area contributed by atoms with E-state index >= 15 is 0 Å². The number of nitrogens with one attached hydrogen (secondary N) is 1. The summed E-state index contributed by atoms with van der Waals surface area (Å²) in [7, 11) is 3.11. The maximum absolute atomic E-state index is 13.0. The van der Waals surface area contributed by atoms with E-state index in [2.05, 4.69) is 10.3 Å². The van der Waals surface area contributed by atoms with Crippen LogP contribution in [0.2, 0.25) is 0 Å². The van der Waals surface area contributed by atoms with Crippen LogP contribution >= 0.6 is 0 Å². The molecule has 1 atom stereocenters. The molecule has 1 aromatic carbocycles. The lowest BCUT2D eigenvalue weighted by atomic mass is 10.1. The molecule has 1 heterocycles. The van der Waals surface area contributed by atoms with Gasteiger partial charge >= 0.3 is 5.95 Å². The smallest absolute Gasteiger partial charge is 0.434 e. The Balaban J connectivity index is 2.34. The van der Waals surface area contributed by atoms with Crippen LogP contribution in [-0.4, -0.2) is 45.5 Å². The lowest BCUT2D eigenvalue weighted by Gasteiger charge is -2.27. The summed E-state index contributed by atoms with van der Waals surface area (Å²) in [5.41, 5.74) is 1.08. The molecule has 1 amide bonds. The second kappa shape index (κ2) is 8.43. The van der Waals surface area contributed by atoms with Gasteiger partial charge in [-0.1, -0.05) is 18.8 Å². The fourth-order valence-electron chi connectivity index (χ4n) is 2.80. The Morgan fingerprint density at radius 3 is 2.42 bits per heavy atom. The highest BCUT2D eigenvalue weighted by Crippen LogP contribution is 2.26. The number of carbonyl (C=O) groups is 1. The molecular formula is C17H23N5O4. The van der Waals surface area contributed by atoms with Crippen molar-refractivity contribution in [3.8, 4) is 5.75 Å². The number of carbonyl (C=O) groups excluding carboxylic acids is 1. The number of ether oxygens (including phenoxy) is 1. The first-order valence-electron chi connectivity index (χ1n) is 8.27. The molecule has 2 rings (SSSR count). The molecule has 0 aliphatic carbocycles. The number of anilines is 1. The van der Waals surface area contributed by atoms with Crippen molar-refractivity contribution in [3.63, 3.8) is 0 Å². The second-order valence-electron chi connectivity index (χ2n) is 5.64. The van der Waals surface area contributed by atoms with E-state index in [0.717, 1.165) is 0 Å². The Kier molecular flexibility index (Phi) is 6.29. The third-order valence-corrected chi connectivity index (χ3v) is 4.23. The normalized spacial score (nSPS) is 12.0. The number of hydrogen-bond acceptors (Lipinski definition) is 6. The average Bonchev–Trinajstić information content (AvgIpc) is 3.01. The monoisotopic (exact) mass is 361 g/mol. The summed E-state index contributed by atoms with van der Waals surface area (Å²) in [6.07, 6.45) is 1.38. The number of methoxy groups -OCH3 is 1. The Labute approximate surface area is 151 Å². The van der Waals surface area contributed by atoms with Crippen LogP contribution < -0.4 is 10.1 Å². The molecule has 140 valence electrons. The van der Waals surface area contributed by atoms with Crippen molar-refractivity contribution in [3.05, 3.63) is 46.3 Å². The van der Waals surface area contributed by atoms with Gasteiger partial charge in [0.1, 0.15) is 23.7 Å². The van der Waals surface area contributed by atoms with Crippen molar-refractivity contribution in [1.29, 1.82) is 0 Å². The third kappa shape index (κ3) is 3.99. The van der Waals surface area contributed by atoms with E-state index in [-0.39, 0.29) is 11.9 Å². The van der Waals surface area contributed by atoms with E-state index in [0.29, 0.717) is 30.2 Å². The predicted molar refractivity (Wildman–Crippen MR) is 97.1 cm³/mol. The molecule has 0 radical (unpaired) electrons. The van der Waals surface area contributed by atoms with Gasteiger partial charge in [0.2, 0.25) is 5.91 Å². The Hall–Kier alpha value is -2.94. The molecule has 2 aromatic rings. The summed E-state index contributed by atoms with van der Waals surface area (Å²) in [5, 5.41) is 13.9. The highest BCUT2D eigenvalue weighted by Gasteiger charge is 2.33. The summed E-state index contributed by atoms with van der Waals surface area (Å²) >= 11 is 0. The number of aromatic nitrogens is 2. The molecule has 9 heteroatoms. The number of imidazole rings is 1. The summed E-state index contributed by atoms with van der Waals surface area (Å²) in [6, 6.07) is 6.27. The molecule has 0 saturated heterocycles. The Morgan fingerprint density at radius 2 is 1.96 bits per heavy atom. The highest BCUT2D eigenvalue weighted by molar-refractivity contribution is 5.95. The van der Waals surface area contributed by atoms with Crippen LogP contribution in [0.5, 0.6) is 5.75 Å². The van der Waals surface area contributed by atoms with E-state index in [4.69, 9.17) is 4.74 Å². The van der Waals surface area contributed by atoms with E-state index < -0.39 is 11.0 Å².